The molecule has 0 bridgehead atoms. The first kappa shape index (κ1) is 18.0. The van der Waals surface area contributed by atoms with E-state index in [9.17, 15) is 9.18 Å². The Morgan fingerprint density at radius 3 is 2.43 bits per heavy atom. The quantitative estimate of drug-likeness (QED) is 0.669. The van der Waals surface area contributed by atoms with Gasteiger partial charge in [-0.2, -0.15) is 0 Å². The van der Waals surface area contributed by atoms with Gasteiger partial charge in [0.25, 0.3) is 5.91 Å². The van der Waals surface area contributed by atoms with Gasteiger partial charge in [-0.25, -0.2) is 9.37 Å². The van der Waals surface area contributed by atoms with Gasteiger partial charge < -0.3 is 9.64 Å². The number of fused-ring (bicyclic) bond motifs is 1. The number of rotatable bonds is 3. The fraction of sp³-hybridized carbons (Fsp3) is 0.182. The summed E-state index contributed by atoms with van der Waals surface area (Å²) in [6, 6.07) is 15.7. The van der Waals surface area contributed by atoms with Crippen LogP contribution < -0.4 is 14.5 Å². The molecule has 2 heterocycles. The molecule has 1 aliphatic heterocycles. The number of anilines is 3. The molecular formula is C22H20FN3O2. The Bertz CT molecular complexity index is 1070. The zero-order chi connectivity index (χ0) is 19.8. The van der Waals surface area contributed by atoms with Crippen molar-refractivity contribution in [1.82, 2.24) is 4.98 Å². The summed E-state index contributed by atoms with van der Waals surface area (Å²) in [5, 5.41) is 0. The number of hydrogen-bond donors (Lipinski definition) is 0. The highest BCUT2D eigenvalue weighted by Gasteiger charge is 2.32. The second-order valence-electron chi connectivity index (χ2n) is 6.71. The summed E-state index contributed by atoms with van der Waals surface area (Å²) < 4.78 is 18.8. The maximum absolute atomic E-state index is 13.6. The van der Waals surface area contributed by atoms with Gasteiger partial charge in [-0.3, -0.25) is 9.69 Å². The number of hydrogen-bond acceptors (Lipinski definition) is 4. The highest BCUT2D eigenvalue weighted by Crippen LogP contribution is 2.37. The topological polar surface area (TPSA) is 45.7 Å². The van der Waals surface area contributed by atoms with Gasteiger partial charge in [0.05, 0.1) is 29.7 Å². The zero-order valence-electron chi connectivity index (χ0n) is 15.9. The van der Waals surface area contributed by atoms with Gasteiger partial charge in [0.15, 0.2) is 0 Å². The summed E-state index contributed by atoms with van der Waals surface area (Å²) in [6.07, 6.45) is 0. The number of aryl methyl sites for hydroxylation is 2. The van der Waals surface area contributed by atoms with Crippen LogP contribution in [0.4, 0.5) is 21.5 Å². The van der Waals surface area contributed by atoms with E-state index in [1.54, 1.807) is 24.1 Å². The van der Waals surface area contributed by atoms with E-state index in [0.29, 0.717) is 29.5 Å². The third-order valence-electron chi connectivity index (χ3n) is 4.94. The van der Waals surface area contributed by atoms with E-state index < -0.39 is 0 Å². The molecule has 0 saturated heterocycles. The van der Waals surface area contributed by atoms with Gasteiger partial charge in [0.1, 0.15) is 12.5 Å². The largest absolute Gasteiger partial charge is 0.481 e. The molecule has 4 rings (SSSR count). The van der Waals surface area contributed by atoms with Crippen LogP contribution in [0.5, 0.6) is 5.88 Å². The summed E-state index contributed by atoms with van der Waals surface area (Å²) >= 11 is 0. The first-order chi connectivity index (χ1) is 13.5. The molecule has 1 aromatic heterocycles. The molecule has 6 heteroatoms. The van der Waals surface area contributed by atoms with Crippen molar-refractivity contribution in [3.8, 4) is 5.88 Å². The molecule has 3 aromatic rings. The van der Waals surface area contributed by atoms with Crippen molar-refractivity contribution in [3.05, 3.63) is 77.2 Å². The Balaban J connectivity index is 1.84. The molecule has 28 heavy (non-hydrogen) atoms. The molecule has 0 N–H and O–H groups in total. The van der Waals surface area contributed by atoms with Crippen molar-refractivity contribution >= 4 is 23.0 Å². The third-order valence-corrected chi connectivity index (χ3v) is 4.94. The van der Waals surface area contributed by atoms with E-state index >= 15 is 0 Å². The maximum Gasteiger partial charge on any atom is 0.261 e. The molecule has 0 radical (unpaired) electrons. The predicted molar refractivity (Wildman–Crippen MR) is 107 cm³/mol. The van der Waals surface area contributed by atoms with Crippen LogP contribution in [0, 0.1) is 19.7 Å². The molecule has 0 spiro atoms. The van der Waals surface area contributed by atoms with Crippen molar-refractivity contribution < 1.29 is 13.9 Å². The van der Waals surface area contributed by atoms with Crippen LogP contribution in [0.25, 0.3) is 0 Å². The van der Waals surface area contributed by atoms with Crippen LogP contribution in [-0.2, 0) is 0 Å². The van der Waals surface area contributed by atoms with Gasteiger partial charge in [0, 0.05) is 11.8 Å². The molecule has 142 valence electrons. The molecule has 5 nitrogen and oxygen atoms in total. The minimum absolute atomic E-state index is 0.0957. The SMILES string of the molecule is COc1ccc(N2CN(c3ccc(F)cc3C)c3ccccc3C2=O)c(C)n1. The average molecular weight is 377 g/mol. The van der Waals surface area contributed by atoms with E-state index in [1.807, 2.05) is 49.1 Å². The van der Waals surface area contributed by atoms with Crippen LogP contribution in [-0.4, -0.2) is 24.7 Å². The van der Waals surface area contributed by atoms with Crippen LogP contribution in [0.2, 0.25) is 0 Å². The lowest BCUT2D eigenvalue weighted by atomic mass is 10.0. The van der Waals surface area contributed by atoms with Gasteiger partial charge >= 0.3 is 0 Å². The number of benzene rings is 2. The Labute approximate surface area is 163 Å². The minimum Gasteiger partial charge on any atom is -0.481 e. The average Bonchev–Trinajstić information content (AvgIpc) is 2.69. The molecule has 0 unspecified atom stereocenters. The molecule has 0 atom stereocenters. The number of pyridine rings is 1. The van der Waals surface area contributed by atoms with E-state index in [2.05, 4.69) is 4.98 Å². The number of para-hydroxylation sites is 1. The summed E-state index contributed by atoms with van der Waals surface area (Å²) in [5.74, 6) is 0.119. The fourth-order valence-electron chi connectivity index (χ4n) is 3.56. The number of nitrogens with zero attached hydrogens (tertiary/aromatic N) is 3. The van der Waals surface area contributed by atoms with Gasteiger partial charge in [-0.05, 0) is 55.8 Å². The van der Waals surface area contributed by atoms with Crippen molar-refractivity contribution in [3.63, 3.8) is 0 Å². The maximum atomic E-state index is 13.6. The summed E-state index contributed by atoms with van der Waals surface area (Å²) in [6.45, 7) is 4.01. The zero-order valence-corrected chi connectivity index (χ0v) is 15.9. The lowest BCUT2D eigenvalue weighted by molar-refractivity contribution is 0.0983. The van der Waals surface area contributed by atoms with Crippen LogP contribution in [0.15, 0.2) is 54.6 Å². The molecule has 0 saturated carbocycles. The molecule has 0 aliphatic carbocycles. The normalized spacial score (nSPS) is 13.5. The van der Waals surface area contributed by atoms with Gasteiger partial charge in [-0.1, -0.05) is 12.1 Å². The minimum atomic E-state index is -0.283. The van der Waals surface area contributed by atoms with Crippen molar-refractivity contribution in [2.75, 3.05) is 23.6 Å². The third kappa shape index (κ3) is 2.97. The smallest absolute Gasteiger partial charge is 0.261 e. The van der Waals surface area contributed by atoms with Gasteiger partial charge in [0.2, 0.25) is 5.88 Å². The Morgan fingerprint density at radius 1 is 0.964 bits per heavy atom. The first-order valence-corrected chi connectivity index (χ1v) is 8.96. The molecule has 1 amide bonds. The summed E-state index contributed by atoms with van der Waals surface area (Å²) in [7, 11) is 1.56. The summed E-state index contributed by atoms with van der Waals surface area (Å²) in [4.78, 5) is 21.3. The van der Waals surface area contributed by atoms with Crippen LogP contribution in [0.1, 0.15) is 21.6 Å². The number of amides is 1. The van der Waals surface area contributed by atoms with E-state index in [4.69, 9.17) is 4.74 Å². The van der Waals surface area contributed by atoms with Crippen LogP contribution in [0.3, 0.4) is 0 Å². The number of carbonyl (C=O) groups excluding carboxylic acids is 1. The standard InChI is InChI=1S/C22H20FN3O2/c1-14-12-16(23)8-9-18(14)25-13-26(19-10-11-21(28-3)24-15(19)2)22(27)17-6-4-5-7-20(17)25/h4-12H,13H2,1-3H3. The molecule has 0 fully saturated rings. The van der Waals surface area contributed by atoms with Crippen molar-refractivity contribution in [2.24, 2.45) is 0 Å². The predicted octanol–water partition coefficient (Wildman–Crippen LogP) is 4.60. The van der Waals surface area contributed by atoms with Gasteiger partial charge in [-0.15, -0.1) is 0 Å². The van der Waals surface area contributed by atoms with Crippen LogP contribution >= 0.6 is 0 Å². The summed E-state index contributed by atoms with van der Waals surface area (Å²) in [5.41, 5.74) is 4.46. The van der Waals surface area contributed by atoms with E-state index in [0.717, 1.165) is 16.9 Å². The van der Waals surface area contributed by atoms with E-state index in [1.165, 1.54) is 12.1 Å². The van der Waals surface area contributed by atoms with Crippen molar-refractivity contribution in [1.29, 1.82) is 0 Å². The molecular weight excluding hydrogens is 357 g/mol. The monoisotopic (exact) mass is 377 g/mol. The number of carbonyl (C=O) groups is 1. The second-order valence-corrected chi connectivity index (χ2v) is 6.71. The Morgan fingerprint density at radius 2 is 1.71 bits per heavy atom. The molecule has 2 aromatic carbocycles. The lowest BCUT2D eigenvalue weighted by Gasteiger charge is -2.39. The number of halogens is 1. The number of methoxy groups -OCH3 is 1. The molecule has 1 aliphatic rings. The highest BCUT2D eigenvalue weighted by molar-refractivity contribution is 6.12. The number of ether oxygens (including phenoxy) is 1. The highest BCUT2D eigenvalue weighted by atomic mass is 19.1. The second kappa shape index (κ2) is 6.96. The lowest BCUT2D eigenvalue weighted by Crippen LogP contribution is -2.45. The Kier molecular flexibility index (Phi) is 4.47. The Hall–Kier alpha value is -3.41. The fourth-order valence-corrected chi connectivity index (χ4v) is 3.56. The number of aromatic nitrogens is 1. The van der Waals surface area contributed by atoms with Crippen molar-refractivity contribution in [2.45, 2.75) is 13.8 Å². The first-order valence-electron chi connectivity index (χ1n) is 8.96. The van der Waals surface area contributed by atoms with E-state index in [-0.39, 0.29) is 11.7 Å².